The van der Waals surface area contributed by atoms with Crippen LogP contribution in [0.25, 0.3) is 0 Å². The second-order valence-corrected chi connectivity index (χ2v) is 5.40. The Morgan fingerprint density at radius 2 is 2.17 bits per heavy atom. The van der Waals surface area contributed by atoms with Crippen molar-refractivity contribution in [3.05, 3.63) is 0 Å². The monoisotopic (exact) mass is 259 g/mol. The van der Waals surface area contributed by atoms with Crippen LogP contribution >= 0.6 is 0 Å². The third-order valence-corrected chi connectivity index (χ3v) is 2.51. The van der Waals surface area contributed by atoms with Crippen LogP contribution in [0.3, 0.4) is 0 Å². The summed E-state index contributed by atoms with van der Waals surface area (Å²) in [5.74, 6) is -0.966. The van der Waals surface area contributed by atoms with Crippen molar-refractivity contribution in [3.8, 4) is 0 Å². The van der Waals surface area contributed by atoms with E-state index in [1.165, 1.54) is 0 Å². The van der Waals surface area contributed by atoms with Crippen LogP contribution in [0.1, 0.15) is 40.0 Å². The van der Waals surface area contributed by atoms with Crippen molar-refractivity contribution in [1.82, 2.24) is 5.32 Å². The van der Waals surface area contributed by atoms with Gasteiger partial charge in [0.1, 0.15) is 5.60 Å². The lowest BCUT2D eigenvalue weighted by Gasteiger charge is -2.25. The van der Waals surface area contributed by atoms with Gasteiger partial charge in [-0.3, -0.25) is 4.79 Å². The highest BCUT2D eigenvalue weighted by atomic mass is 16.6. The molecule has 0 radical (unpaired) electrons. The van der Waals surface area contributed by atoms with Crippen LogP contribution in [0.4, 0.5) is 4.79 Å². The van der Waals surface area contributed by atoms with Gasteiger partial charge in [0.25, 0.3) is 0 Å². The van der Waals surface area contributed by atoms with Crippen LogP contribution in [-0.2, 0) is 14.3 Å². The molecular formula is C12H21NO5. The van der Waals surface area contributed by atoms with E-state index in [9.17, 15) is 9.59 Å². The average Bonchev–Trinajstić information content (AvgIpc) is 2.64. The maximum atomic E-state index is 11.6. The van der Waals surface area contributed by atoms with Gasteiger partial charge in [-0.1, -0.05) is 0 Å². The molecule has 2 N–H and O–H groups in total. The lowest BCUT2D eigenvalue weighted by molar-refractivity contribution is -0.138. The van der Waals surface area contributed by atoms with E-state index in [1.54, 1.807) is 20.8 Å². The smallest absolute Gasteiger partial charge is 0.407 e. The number of carboxylic acid groups (broad SMARTS) is 1. The minimum Gasteiger partial charge on any atom is -0.481 e. The Morgan fingerprint density at radius 3 is 2.61 bits per heavy atom. The second-order valence-electron chi connectivity index (χ2n) is 5.40. The zero-order valence-corrected chi connectivity index (χ0v) is 11.1. The Balaban J connectivity index is 2.54. The number of ether oxygens (including phenoxy) is 2. The number of nitrogens with one attached hydrogen (secondary N) is 1. The van der Waals surface area contributed by atoms with E-state index < -0.39 is 23.7 Å². The quantitative estimate of drug-likeness (QED) is 0.799. The van der Waals surface area contributed by atoms with Gasteiger partial charge in [-0.25, -0.2) is 4.79 Å². The molecule has 0 saturated carbocycles. The number of hydrogen-bond donors (Lipinski definition) is 2. The van der Waals surface area contributed by atoms with Crippen LogP contribution in [0.2, 0.25) is 0 Å². The van der Waals surface area contributed by atoms with Gasteiger partial charge >= 0.3 is 12.1 Å². The Labute approximate surface area is 107 Å². The molecule has 0 aromatic heterocycles. The third-order valence-electron chi connectivity index (χ3n) is 2.51. The molecule has 6 nitrogen and oxygen atoms in total. The molecule has 1 aliphatic heterocycles. The molecule has 1 rings (SSSR count). The van der Waals surface area contributed by atoms with Crippen molar-refractivity contribution in [2.75, 3.05) is 6.61 Å². The normalized spacial score (nSPS) is 21.4. The van der Waals surface area contributed by atoms with Gasteiger partial charge in [0.05, 0.1) is 18.6 Å². The average molecular weight is 259 g/mol. The molecular weight excluding hydrogens is 238 g/mol. The van der Waals surface area contributed by atoms with Gasteiger partial charge in [0, 0.05) is 6.61 Å². The van der Waals surface area contributed by atoms with E-state index in [0.29, 0.717) is 6.61 Å². The van der Waals surface area contributed by atoms with Crippen molar-refractivity contribution < 1.29 is 24.2 Å². The molecule has 1 aliphatic rings. The summed E-state index contributed by atoms with van der Waals surface area (Å²) in [7, 11) is 0. The van der Waals surface area contributed by atoms with Crippen LogP contribution in [-0.4, -0.2) is 41.5 Å². The maximum absolute atomic E-state index is 11.6. The highest BCUT2D eigenvalue weighted by Crippen LogP contribution is 2.18. The van der Waals surface area contributed by atoms with Crippen LogP contribution in [0.5, 0.6) is 0 Å². The predicted molar refractivity (Wildman–Crippen MR) is 64.4 cm³/mol. The minimum atomic E-state index is -0.966. The molecule has 1 amide bonds. The van der Waals surface area contributed by atoms with E-state index in [4.69, 9.17) is 14.6 Å². The molecule has 0 aliphatic carbocycles. The van der Waals surface area contributed by atoms with Crippen LogP contribution < -0.4 is 5.32 Å². The molecule has 0 aromatic rings. The number of rotatable bonds is 4. The number of carboxylic acids is 1. The summed E-state index contributed by atoms with van der Waals surface area (Å²) >= 11 is 0. The van der Waals surface area contributed by atoms with E-state index in [0.717, 1.165) is 12.8 Å². The highest BCUT2D eigenvalue weighted by molar-refractivity contribution is 5.71. The first-order valence-electron chi connectivity index (χ1n) is 6.11. The first-order valence-corrected chi connectivity index (χ1v) is 6.11. The number of carbonyl (C=O) groups excluding carboxylic acids is 1. The first kappa shape index (κ1) is 14.8. The lowest BCUT2D eigenvalue weighted by Crippen LogP contribution is -2.46. The van der Waals surface area contributed by atoms with Gasteiger partial charge in [-0.2, -0.15) is 0 Å². The number of carbonyl (C=O) groups is 2. The largest absolute Gasteiger partial charge is 0.481 e. The molecule has 104 valence electrons. The Hall–Kier alpha value is -1.30. The zero-order chi connectivity index (χ0) is 13.8. The number of alkyl carbamates (subject to hydrolysis) is 1. The second kappa shape index (κ2) is 6.04. The molecule has 1 heterocycles. The first-order chi connectivity index (χ1) is 8.28. The molecule has 18 heavy (non-hydrogen) atoms. The third kappa shape index (κ3) is 5.35. The van der Waals surface area contributed by atoms with E-state index in [2.05, 4.69) is 5.32 Å². The Bertz CT molecular complexity index is 304. The van der Waals surface area contributed by atoms with Gasteiger partial charge in [-0.15, -0.1) is 0 Å². The molecule has 1 fully saturated rings. The topological polar surface area (TPSA) is 84.9 Å². The van der Waals surface area contributed by atoms with Crippen molar-refractivity contribution >= 4 is 12.1 Å². The van der Waals surface area contributed by atoms with Crippen molar-refractivity contribution in [1.29, 1.82) is 0 Å². The van der Waals surface area contributed by atoms with Crippen molar-refractivity contribution in [2.45, 2.75) is 57.8 Å². The fraction of sp³-hybridized carbons (Fsp3) is 0.833. The summed E-state index contributed by atoms with van der Waals surface area (Å²) in [6.45, 7) is 5.87. The fourth-order valence-electron chi connectivity index (χ4n) is 1.84. The lowest BCUT2D eigenvalue weighted by atomic mass is 10.1. The zero-order valence-electron chi connectivity index (χ0n) is 11.1. The van der Waals surface area contributed by atoms with Gasteiger partial charge in [-0.05, 0) is 33.6 Å². The molecule has 2 unspecified atom stereocenters. The Morgan fingerprint density at radius 1 is 1.50 bits per heavy atom. The van der Waals surface area contributed by atoms with Crippen molar-refractivity contribution in [2.24, 2.45) is 0 Å². The molecule has 2 atom stereocenters. The van der Waals surface area contributed by atoms with Gasteiger partial charge in [0.2, 0.25) is 0 Å². The fourth-order valence-corrected chi connectivity index (χ4v) is 1.84. The number of hydrogen-bond acceptors (Lipinski definition) is 4. The summed E-state index contributed by atoms with van der Waals surface area (Å²) in [6.07, 6.45) is 0.631. The number of amides is 1. The summed E-state index contributed by atoms with van der Waals surface area (Å²) in [4.78, 5) is 22.4. The summed E-state index contributed by atoms with van der Waals surface area (Å²) in [6, 6.07) is -0.542. The Kier molecular flexibility index (Phi) is 4.95. The number of aliphatic carboxylic acids is 1. The van der Waals surface area contributed by atoms with E-state index in [1.807, 2.05) is 0 Å². The van der Waals surface area contributed by atoms with Gasteiger partial charge < -0.3 is 19.9 Å². The minimum absolute atomic E-state index is 0.163. The van der Waals surface area contributed by atoms with Crippen LogP contribution in [0.15, 0.2) is 0 Å². The molecule has 0 bridgehead atoms. The molecule has 6 heteroatoms. The molecule has 0 spiro atoms. The molecule has 1 saturated heterocycles. The van der Waals surface area contributed by atoms with Crippen molar-refractivity contribution in [3.63, 3.8) is 0 Å². The van der Waals surface area contributed by atoms with E-state index >= 15 is 0 Å². The standard InChI is InChI=1S/C12H21NO5/c1-12(2,3)18-11(16)13-8(7-10(14)15)9-5-4-6-17-9/h8-9H,4-7H2,1-3H3,(H,13,16)(H,14,15). The summed E-state index contributed by atoms with van der Waals surface area (Å²) in [5, 5.41) is 11.4. The summed E-state index contributed by atoms with van der Waals surface area (Å²) in [5.41, 5.74) is -0.603. The summed E-state index contributed by atoms with van der Waals surface area (Å²) < 4.78 is 10.5. The maximum Gasteiger partial charge on any atom is 0.407 e. The molecule has 0 aromatic carbocycles. The van der Waals surface area contributed by atoms with Crippen LogP contribution in [0, 0.1) is 0 Å². The van der Waals surface area contributed by atoms with E-state index in [-0.39, 0.29) is 12.5 Å². The van der Waals surface area contributed by atoms with Gasteiger partial charge in [0.15, 0.2) is 0 Å². The SMILES string of the molecule is CC(C)(C)OC(=O)NC(CC(=O)O)C1CCCO1. The predicted octanol–water partition coefficient (Wildman–Crippen LogP) is 1.53. The highest BCUT2D eigenvalue weighted by Gasteiger charge is 2.30.